The predicted octanol–water partition coefficient (Wildman–Crippen LogP) is 10.6. The van der Waals surface area contributed by atoms with Gasteiger partial charge in [-0.1, -0.05) is 218 Å². The van der Waals surface area contributed by atoms with Crippen molar-refractivity contribution in [2.75, 3.05) is 11.9 Å². The van der Waals surface area contributed by atoms with Crippen LogP contribution in [0.15, 0.2) is 218 Å². The van der Waals surface area contributed by atoms with E-state index in [4.69, 9.17) is 15.3 Å². The second-order valence-corrected chi connectivity index (χ2v) is 14.5. The highest BCUT2D eigenvalue weighted by molar-refractivity contribution is 5.80. The summed E-state index contributed by atoms with van der Waals surface area (Å²) in [6.07, 6.45) is 0.484. The summed E-state index contributed by atoms with van der Waals surface area (Å²) in [5.41, 5.74) is 7.69. The van der Waals surface area contributed by atoms with Crippen molar-refractivity contribution in [3.05, 3.63) is 263 Å². The van der Waals surface area contributed by atoms with Gasteiger partial charge in [0.2, 0.25) is 0 Å². The van der Waals surface area contributed by atoms with E-state index >= 15 is 0 Å². The van der Waals surface area contributed by atoms with Crippen LogP contribution in [0.1, 0.15) is 56.8 Å². The van der Waals surface area contributed by atoms with Crippen LogP contribution in [0.4, 0.5) is 5.82 Å². The van der Waals surface area contributed by atoms with Crippen LogP contribution >= 0.6 is 0 Å². The van der Waals surface area contributed by atoms with Crippen molar-refractivity contribution < 1.29 is 5.11 Å². The molecule has 0 unspecified atom stereocenters. The van der Waals surface area contributed by atoms with Gasteiger partial charge in [-0.05, 0) is 57.0 Å². The van der Waals surface area contributed by atoms with Gasteiger partial charge in [0.1, 0.15) is 22.4 Å². The van der Waals surface area contributed by atoms with Gasteiger partial charge in [-0.3, -0.25) is 0 Å². The molecule has 7 aromatic carbocycles. The molecule has 0 aliphatic rings. The second kappa shape index (κ2) is 16.1. The number of nitrogens with zero attached hydrogens (tertiary/aromatic N) is 4. The first-order valence-electron chi connectivity index (χ1n) is 19.8. The summed E-state index contributed by atoms with van der Waals surface area (Å²) in [6.45, 7) is -0.00968. The van der Waals surface area contributed by atoms with E-state index in [1.165, 1.54) is 0 Å². The minimum absolute atomic E-state index is 0.00968. The number of hydrogen-bond donors (Lipinski definition) is 2. The average molecular weight is 754 g/mol. The van der Waals surface area contributed by atoms with Crippen LogP contribution < -0.4 is 5.32 Å². The van der Waals surface area contributed by atoms with Gasteiger partial charge < -0.3 is 10.4 Å². The van der Waals surface area contributed by atoms with Crippen molar-refractivity contribution in [3.63, 3.8) is 0 Å². The lowest BCUT2D eigenvalue weighted by atomic mass is 9.76. The number of anilines is 1. The van der Waals surface area contributed by atoms with Gasteiger partial charge in [-0.25, -0.2) is 9.67 Å². The standard InChI is InChI=1S/C52H43N5O/c58-37-36-46(39-22-8-1-9-23-39)47-38-48(54-51(40-24-10-2-11-25-40,41-26-12-3-13-27-41)42-28-14-4-15-29-42)53-50-49(47)55-56-57(50)52(43-30-16-5-17-31-43,44-32-18-6-19-33-44)45-34-20-7-21-35-45/h1-35,38,46,58H,36-37H2,(H,53,54)/t46-/m1/s1. The molecular formula is C52H43N5O. The lowest BCUT2D eigenvalue weighted by Crippen LogP contribution is -2.39. The Morgan fingerprint density at radius 2 is 0.879 bits per heavy atom. The van der Waals surface area contributed by atoms with Crippen molar-refractivity contribution in [1.29, 1.82) is 0 Å². The summed E-state index contributed by atoms with van der Waals surface area (Å²) < 4.78 is 2.01. The normalized spacial score (nSPS) is 12.3. The number of pyridine rings is 1. The minimum atomic E-state index is -0.962. The maximum Gasteiger partial charge on any atom is 0.182 e. The zero-order valence-electron chi connectivity index (χ0n) is 32.0. The van der Waals surface area contributed by atoms with Gasteiger partial charge in [0, 0.05) is 12.5 Å². The first-order chi connectivity index (χ1) is 28.7. The minimum Gasteiger partial charge on any atom is -0.396 e. The summed E-state index contributed by atoms with van der Waals surface area (Å²) in [5, 5.41) is 24.9. The van der Waals surface area contributed by atoms with E-state index in [9.17, 15) is 5.11 Å². The fourth-order valence-corrected chi connectivity index (χ4v) is 8.68. The van der Waals surface area contributed by atoms with Crippen LogP contribution in [0.3, 0.4) is 0 Å². The Balaban J connectivity index is 1.40. The first kappa shape index (κ1) is 36.5. The molecule has 9 aromatic rings. The van der Waals surface area contributed by atoms with E-state index in [1.54, 1.807) is 0 Å². The topological polar surface area (TPSA) is 75.9 Å². The molecule has 2 heterocycles. The molecule has 0 radical (unpaired) electrons. The molecule has 2 N–H and O–H groups in total. The highest BCUT2D eigenvalue weighted by Gasteiger charge is 2.43. The predicted molar refractivity (Wildman–Crippen MR) is 233 cm³/mol. The molecule has 0 saturated heterocycles. The molecule has 6 heteroatoms. The zero-order valence-corrected chi connectivity index (χ0v) is 32.0. The number of rotatable bonds is 13. The van der Waals surface area contributed by atoms with Crippen LogP contribution in [0.2, 0.25) is 0 Å². The van der Waals surface area contributed by atoms with Crippen molar-refractivity contribution in [1.82, 2.24) is 20.0 Å². The smallest absolute Gasteiger partial charge is 0.182 e. The molecule has 0 aliphatic heterocycles. The molecule has 0 fully saturated rings. The largest absolute Gasteiger partial charge is 0.396 e. The first-order valence-corrected chi connectivity index (χ1v) is 19.8. The third-order valence-corrected chi connectivity index (χ3v) is 11.3. The summed E-state index contributed by atoms with van der Waals surface area (Å²) in [4.78, 5) is 5.60. The fourth-order valence-electron chi connectivity index (χ4n) is 8.68. The Kier molecular flexibility index (Phi) is 10.2. The molecule has 2 aromatic heterocycles. The van der Waals surface area contributed by atoms with Crippen molar-refractivity contribution in [3.8, 4) is 0 Å². The molecule has 9 rings (SSSR count). The molecule has 282 valence electrons. The van der Waals surface area contributed by atoms with Gasteiger partial charge in [0.25, 0.3) is 0 Å². The summed E-state index contributed by atoms with van der Waals surface area (Å²) in [6, 6.07) is 75.6. The molecular weight excluding hydrogens is 711 g/mol. The third-order valence-electron chi connectivity index (χ3n) is 11.3. The van der Waals surface area contributed by atoms with Crippen LogP contribution in [-0.2, 0) is 11.1 Å². The van der Waals surface area contributed by atoms with Gasteiger partial charge in [-0.2, -0.15) is 0 Å². The van der Waals surface area contributed by atoms with E-state index in [2.05, 4.69) is 169 Å². The summed E-state index contributed by atoms with van der Waals surface area (Å²) in [5.74, 6) is 0.436. The quantitative estimate of drug-likeness (QED) is 0.115. The molecule has 1 atom stereocenters. The van der Waals surface area contributed by atoms with Crippen molar-refractivity contribution in [2.24, 2.45) is 0 Å². The van der Waals surface area contributed by atoms with E-state index < -0.39 is 11.1 Å². The zero-order chi connectivity index (χ0) is 39.2. The second-order valence-electron chi connectivity index (χ2n) is 14.5. The fraction of sp³-hybridized carbons (Fsp3) is 0.0962. The third kappa shape index (κ3) is 6.43. The molecule has 0 aliphatic carbocycles. The maximum atomic E-state index is 10.6. The highest BCUT2D eigenvalue weighted by Crippen LogP contribution is 2.45. The molecule has 0 spiro atoms. The van der Waals surface area contributed by atoms with Crippen LogP contribution in [0.5, 0.6) is 0 Å². The average Bonchev–Trinajstić information content (AvgIpc) is 3.74. The van der Waals surface area contributed by atoms with Gasteiger partial charge >= 0.3 is 0 Å². The lowest BCUT2D eigenvalue weighted by molar-refractivity contribution is 0.282. The molecule has 0 bridgehead atoms. The van der Waals surface area contributed by atoms with Crippen LogP contribution in [0.25, 0.3) is 11.2 Å². The molecule has 58 heavy (non-hydrogen) atoms. The van der Waals surface area contributed by atoms with Gasteiger partial charge in [-0.15, -0.1) is 5.10 Å². The molecule has 6 nitrogen and oxygen atoms in total. The van der Waals surface area contributed by atoms with E-state index in [1.807, 2.05) is 59.3 Å². The van der Waals surface area contributed by atoms with Crippen molar-refractivity contribution >= 4 is 17.0 Å². The summed E-state index contributed by atoms with van der Waals surface area (Å²) in [7, 11) is 0. The number of nitrogens with one attached hydrogen (secondary N) is 1. The number of aliphatic hydroxyl groups is 1. The Morgan fingerprint density at radius 1 is 0.500 bits per heavy atom. The SMILES string of the molecule is OCC[C@H](c1ccccc1)c1cc(NC(c2ccccc2)(c2ccccc2)c2ccccc2)nc2c1nnn2C(c1ccccc1)(c1ccccc1)c1ccccc1. The summed E-state index contributed by atoms with van der Waals surface area (Å²) >= 11 is 0. The lowest BCUT2D eigenvalue weighted by Gasteiger charge is -2.38. The van der Waals surface area contributed by atoms with Crippen LogP contribution in [-0.4, -0.2) is 31.7 Å². The number of aliphatic hydroxyl groups excluding tert-OH is 1. The number of fused-ring (bicyclic) bond motifs is 1. The maximum absolute atomic E-state index is 10.6. The van der Waals surface area contributed by atoms with Crippen molar-refractivity contribution in [2.45, 2.75) is 23.4 Å². The number of benzene rings is 7. The Labute approximate surface area is 339 Å². The monoisotopic (exact) mass is 753 g/mol. The molecule has 0 amide bonds. The van der Waals surface area contributed by atoms with E-state index in [-0.39, 0.29) is 12.5 Å². The Hall–Kier alpha value is -7.15. The van der Waals surface area contributed by atoms with Gasteiger partial charge in [0.15, 0.2) is 5.65 Å². The number of aromatic nitrogens is 4. The van der Waals surface area contributed by atoms with Gasteiger partial charge in [0.05, 0.1) is 0 Å². The van der Waals surface area contributed by atoms with E-state index in [0.29, 0.717) is 23.4 Å². The van der Waals surface area contributed by atoms with Crippen LogP contribution in [0, 0.1) is 0 Å². The van der Waals surface area contributed by atoms with E-state index in [0.717, 1.165) is 44.5 Å². The Morgan fingerprint density at radius 3 is 1.28 bits per heavy atom. The molecule has 0 saturated carbocycles. The Bertz CT molecular complexity index is 2500. The number of hydrogen-bond acceptors (Lipinski definition) is 5. The highest BCUT2D eigenvalue weighted by atomic mass is 16.3.